The minimum Gasteiger partial charge on any atom is -0.339 e. The molecule has 0 unspecified atom stereocenters. The first-order chi connectivity index (χ1) is 11.6. The van der Waals surface area contributed by atoms with Crippen molar-refractivity contribution in [1.29, 1.82) is 0 Å². The Bertz CT molecular complexity index is 850. The molecule has 0 fully saturated rings. The lowest BCUT2D eigenvalue weighted by atomic mass is 10.1. The van der Waals surface area contributed by atoms with Gasteiger partial charge in [0.2, 0.25) is 5.95 Å². The summed E-state index contributed by atoms with van der Waals surface area (Å²) in [4.78, 5) is 15.7. The van der Waals surface area contributed by atoms with Crippen molar-refractivity contribution in [2.24, 2.45) is 0 Å². The van der Waals surface area contributed by atoms with Crippen LogP contribution in [0.1, 0.15) is 17.3 Å². The monoisotopic (exact) mass is 383 g/mol. The van der Waals surface area contributed by atoms with E-state index in [-0.39, 0.29) is 5.78 Å². The summed E-state index contributed by atoms with van der Waals surface area (Å²) in [5, 5.41) is 14.1. The standard InChI is InChI=1S/C17H14BrN5O/c1-11(24)12-2-6-15(7-3-12)21-17-22-16(10-19-23-17)20-14-8-4-13(18)5-9-14/h2-10H,1H3,(H2,20,21,22,23). The van der Waals surface area contributed by atoms with Gasteiger partial charge in [0.25, 0.3) is 0 Å². The Kier molecular flexibility index (Phi) is 4.81. The van der Waals surface area contributed by atoms with Crippen LogP contribution in [-0.2, 0) is 0 Å². The Labute approximate surface area is 147 Å². The zero-order valence-corrected chi connectivity index (χ0v) is 14.4. The zero-order chi connectivity index (χ0) is 16.9. The van der Waals surface area contributed by atoms with Gasteiger partial charge in [-0.15, -0.1) is 5.10 Å². The van der Waals surface area contributed by atoms with Gasteiger partial charge >= 0.3 is 0 Å². The number of Topliss-reactive ketones (excluding diaryl/α,β-unsaturated/α-hetero) is 1. The number of hydrogen-bond donors (Lipinski definition) is 2. The van der Waals surface area contributed by atoms with E-state index in [0.717, 1.165) is 15.8 Å². The fourth-order valence-electron chi connectivity index (χ4n) is 2.02. The highest BCUT2D eigenvalue weighted by atomic mass is 79.9. The summed E-state index contributed by atoms with van der Waals surface area (Å²) >= 11 is 3.40. The van der Waals surface area contributed by atoms with Gasteiger partial charge in [0.1, 0.15) is 0 Å². The van der Waals surface area contributed by atoms with Crippen LogP contribution >= 0.6 is 15.9 Å². The fourth-order valence-corrected chi connectivity index (χ4v) is 2.28. The molecule has 0 atom stereocenters. The van der Waals surface area contributed by atoms with Crippen molar-refractivity contribution >= 4 is 44.9 Å². The Balaban J connectivity index is 1.72. The summed E-state index contributed by atoms with van der Waals surface area (Å²) in [7, 11) is 0. The molecule has 1 aromatic heterocycles. The zero-order valence-electron chi connectivity index (χ0n) is 12.8. The molecule has 2 N–H and O–H groups in total. The van der Waals surface area contributed by atoms with Crippen LogP contribution in [0.2, 0.25) is 0 Å². The number of anilines is 4. The van der Waals surface area contributed by atoms with Gasteiger partial charge < -0.3 is 10.6 Å². The van der Waals surface area contributed by atoms with Crippen molar-refractivity contribution in [2.75, 3.05) is 10.6 Å². The highest BCUT2D eigenvalue weighted by molar-refractivity contribution is 9.10. The molecule has 7 heteroatoms. The molecule has 24 heavy (non-hydrogen) atoms. The number of nitrogens with zero attached hydrogens (tertiary/aromatic N) is 3. The second kappa shape index (κ2) is 7.18. The highest BCUT2D eigenvalue weighted by Crippen LogP contribution is 2.19. The van der Waals surface area contributed by atoms with Crippen LogP contribution in [0.3, 0.4) is 0 Å². The van der Waals surface area contributed by atoms with Gasteiger partial charge in [-0.05, 0) is 55.5 Å². The minimum atomic E-state index is 0.0279. The molecule has 0 bridgehead atoms. The van der Waals surface area contributed by atoms with E-state index >= 15 is 0 Å². The van der Waals surface area contributed by atoms with Crippen LogP contribution in [0.4, 0.5) is 23.1 Å². The Morgan fingerprint density at radius 3 is 2.25 bits per heavy atom. The van der Waals surface area contributed by atoms with E-state index in [0.29, 0.717) is 17.3 Å². The molecule has 0 amide bonds. The van der Waals surface area contributed by atoms with Crippen molar-refractivity contribution in [2.45, 2.75) is 6.92 Å². The number of carbonyl (C=O) groups excluding carboxylic acids is 1. The van der Waals surface area contributed by atoms with E-state index in [2.05, 4.69) is 41.7 Å². The average Bonchev–Trinajstić information content (AvgIpc) is 2.58. The van der Waals surface area contributed by atoms with Gasteiger partial charge in [-0.1, -0.05) is 15.9 Å². The van der Waals surface area contributed by atoms with Crippen molar-refractivity contribution < 1.29 is 4.79 Å². The second-order valence-corrected chi connectivity index (χ2v) is 5.97. The first kappa shape index (κ1) is 16.1. The molecule has 3 aromatic rings. The summed E-state index contributed by atoms with van der Waals surface area (Å²) in [6, 6.07) is 14.8. The first-order valence-corrected chi connectivity index (χ1v) is 8.00. The van der Waals surface area contributed by atoms with Crippen LogP contribution in [-0.4, -0.2) is 21.0 Å². The molecule has 0 spiro atoms. The van der Waals surface area contributed by atoms with Crippen LogP contribution in [0.5, 0.6) is 0 Å². The van der Waals surface area contributed by atoms with E-state index in [1.807, 2.05) is 24.3 Å². The van der Waals surface area contributed by atoms with Crippen LogP contribution < -0.4 is 10.6 Å². The molecular formula is C17H14BrN5O. The smallest absolute Gasteiger partial charge is 0.249 e. The summed E-state index contributed by atoms with van der Waals surface area (Å²) < 4.78 is 1.00. The van der Waals surface area contributed by atoms with E-state index < -0.39 is 0 Å². The summed E-state index contributed by atoms with van der Waals surface area (Å²) in [5.41, 5.74) is 2.34. The van der Waals surface area contributed by atoms with Gasteiger partial charge in [0, 0.05) is 21.4 Å². The molecule has 3 rings (SSSR count). The van der Waals surface area contributed by atoms with E-state index in [4.69, 9.17) is 0 Å². The number of rotatable bonds is 5. The number of nitrogens with one attached hydrogen (secondary N) is 2. The maximum Gasteiger partial charge on any atom is 0.249 e. The molecule has 0 saturated heterocycles. The topological polar surface area (TPSA) is 79.8 Å². The number of benzene rings is 2. The lowest BCUT2D eigenvalue weighted by Crippen LogP contribution is -2.02. The first-order valence-electron chi connectivity index (χ1n) is 7.20. The maximum absolute atomic E-state index is 11.3. The Morgan fingerprint density at radius 1 is 0.958 bits per heavy atom. The minimum absolute atomic E-state index is 0.0279. The lowest BCUT2D eigenvalue weighted by Gasteiger charge is -2.08. The predicted octanol–water partition coefficient (Wildman–Crippen LogP) is 4.32. The molecule has 0 aliphatic rings. The van der Waals surface area contributed by atoms with Gasteiger partial charge in [-0.2, -0.15) is 10.1 Å². The third kappa shape index (κ3) is 4.14. The van der Waals surface area contributed by atoms with Gasteiger partial charge in [0.15, 0.2) is 11.6 Å². The molecular weight excluding hydrogens is 370 g/mol. The van der Waals surface area contributed by atoms with Gasteiger partial charge in [-0.3, -0.25) is 4.79 Å². The van der Waals surface area contributed by atoms with Crippen LogP contribution in [0, 0.1) is 0 Å². The molecule has 0 aliphatic heterocycles. The molecule has 2 aromatic carbocycles. The maximum atomic E-state index is 11.3. The van der Waals surface area contributed by atoms with Crippen LogP contribution in [0.15, 0.2) is 59.2 Å². The molecule has 0 radical (unpaired) electrons. The Morgan fingerprint density at radius 2 is 1.58 bits per heavy atom. The van der Waals surface area contributed by atoms with Crippen molar-refractivity contribution in [1.82, 2.24) is 15.2 Å². The third-order valence-corrected chi connectivity index (χ3v) is 3.75. The number of hydrogen-bond acceptors (Lipinski definition) is 6. The van der Waals surface area contributed by atoms with E-state index in [9.17, 15) is 4.79 Å². The van der Waals surface area contributed by atoms with E-state index in [1.54, 1.807) is 30.5 Å². The summed E-state index contributed by atoms with van der Waals surface area (Å²) in [6.07, 6.45) is 1.55. The fraction of sp³-hybridized carbons (Fsp3) is 0.0588. The predicted molar refractivity (Wildman–Crippen MR) is 97.0 cm³/mol. The third-order valence-electron chi connectivity index (χ3n) is 3.22. The number of ketones is 1. The van der Waals surface area contributed by atoms with Gasteiger partial charge in [0.05, 0.1) is 6.20 Å². The number of aromatic nitrogens is 3. The molecule has 6 nitrogen and oxygen atoms in total. The van der Waals surface area contributed by atoms with Crippen molar-refractivity contribution in [3.63, 3.8) is 0 Å². The SMILES string of the molecule is CC(=O)c1ccc(Nc2nncc(Nc3ccc(Br)cc3)n2)cc1. The van der Waals surface area contributed by atoms with Crippen molar-refractivity contribution in [3.8, 4) is 0 Å². The molecule has 0 aliphatic carbocycles. The molecule has 120 valence electrons. The van der Waals surface area contributed by atoms with Crippen molar-refractivity contribution in [3.05, 3.63) is 64.8 Å². The van der Waals surface area contributed by atoms with E-state index in [1.165, 1.54) is 6.92 Å². The molecule has 1 heterocycles. The number of carbonyl (C=O) groups is 1. The summed E-state index contributed by atoms with van der Waals surface area (Å²) in [5.74, 6) is 0.975. The van der Waals surface area contributed by atoms with Gasteiger partial charge in [-0.25, -0.2) is 0 Å². The highest BCUT2D eigenvalue weighted by Gasteiger charge is 2.03. The van der Waals surface area contributed by atoms with Crippen LogP contribution in [0.25, 0.3) is 0 Å². The summed E-state index contributed by atoms with van der Waals surface area (Å²) in [6.45, 7) is 1.53. The number of halogens is 1. The Hall–Kier alpha value is -2.80. The normalized spacial score (nSPS) is 10.2. The second-order valence-electron chi connectivity index (χ2n) is 5.06. The average molecular weight is 384 g/mol. The largest absolute Gasteiger partial charge is 0.339 e. The molecule has 0 saturated carbocycles. The quantitative estimate of drug-likeness (QED) is 0.638. The lowest BCUT2D eigenvalue weighted by molar-refractivity contribution is 0.101.